The first-order valence-electron chi connectivity index (χ1n) is 10.8. The minimum Gasteiger partial charge on any atom is -0.455 e. The van der Waals surface area contributed by atoms with Gasteiger partial charge in [-0.25, -0.2) is 9.49 Å². The third-order valence-corrected chi connectivity index (χ3v) is 6.01. The number of aromatic nitrogens is 4. The third kappa shape index (κ3) is 3.88. The van der Waals surface area contributed by atoms with Gasteiger partial charge in [-0.1, -0.05) is 6.08 Å². The van der Waals surface area contributed by atoms with E-state index < -0.39 is 5.56 Å². The van der Waals surface area contributed by atoms with Crippen molar-refractivity contribution in [2.45, 2.75) is 31.7 Å². The van der Waals surface area contributed by atoms with E-state index in [1.807, 2.05) is 6.08 Å². The van der Waals surface area contributed by atoms with Gasteiger partial charge < -0.3 is 15.4 Å². The molecule has 170 valence electrons. The van der Waals surface area contributed by atoms with E-state index in [-0.39, 0.29) is 23.4 Å². The number of nitrogens with one attached hydrogen (secondary N) is 1. The number of anilines is 1. The third-order valence-electron chi connectivity index (χ3n) is 6.01. The number of ether oxygens (including phenoxy) is 1. The van der Waals surface area contributed by atoms with Crippen LogP contribution in [0.5, 0.6) is 5.75 Å². The number of fused-ring (bicyclic) bond motifs is 1. The number of rotatable bonds is 5. The quantitative estimate of drug-likeness (QED) is 0.577. The minimum atomic E-state index is -0.396. The van der Waals surface area contributed by atoms with E-state index in [1.54, 1.807) is 39.9 Å². The topological polar surface area (TPSA) is 119 Å². The van der Waals surface area contributed by atoms with Crippen molar-refractivity contribution < 1.29 is 13.9 Å². The van der Waals surface area contributed by atoms with Crippen LogP contribution < -0.4 is 16.0 Å². The number of benzene rings is 1. The molecule has 1 saturated heterocycles. The van der Waals surface area contributed by atoms with Gasteiger partial charge in [0.1, 0.15) is 22.8 Å². The van der Waals surface area contributed by atoms with Gasteiger partial charge in [0.2, 0.25) is 6.41 Å². The van der Waals surface area contributed by atoms with Gasteiger partial charge in [-0.3, -0.25) is 14.3 Å². The molecule has 1 fully saturated rings. The molecule has 1 atom stereocenters. The lowest BCUT2D eigenvalue weighted by atomic mass is 10.1. The summed E-state index contributed by atoms with van der Waals surface area (Å²) < 4.78 is 21.3. The van der Waals surface area contributed by atoms with E-state index in [4.69, 9.17) is 15.6 Å². The van der Waals surface area contributed by atoms with E-state index in [9.17, 15) is 14.0 Å². The molecule has 1 aromatic carbocycles. The molecule has 2 aliphatic rings. The predicted octanol–water partition coefficient (Wildman–Crippen LogP) is 3.07. The van der Waals surface area contributed by atoms with E-state index in [2.05, 4.69) is 10.2 Å². The van der Waals surface area contributed by atoms with Crippen LogP contribution in [0.3, 0.4) is 0 Å². The van der Waals surface area contributed by atoms with Crippen LogP contribution in [0.2, 0.25) is 0 Å². The van der Waals surface area contributed by atoms with Crippen LogP contribution in [-0.2, 0) is 4.79 Å². The molecule has 1 unspecified atom stereocenters. The summed E-state index contributed by atoms with van der Waals surface area (Å²) in [5.41, 5.74) is 7.30. The Morgan fingerprint density at radius 1 is 1.27 bits per heavy atom. The summed E-state index contributed by atoms with van der Waals surface area (Å²) >= 11 is 0. The van der Waals surface area contributed by atoms with Crippen molar-refractivity contribution in [1.82, 2.24) is 24.9 Å². The van der Waals surface area contributed by atoms with Crippen LogP contribution in [-0.4, -0.2) is 44.4 Å². The summed E-state index contributed by atoms with van der Waals surface area (Å²) in [6.07, 6.45) is 6.90. The predicted molar refractivity (Wildman–Crippen MR) is 121 cm³/mol. The minimum absolute atomic E-state index is 0.154. The van der Waals surface area contributed by atoms with Gasteiger partial charge in [-0.15, -0.1) is 0 Å². The summed E-state index contributed by atoms with van der Waals surface area (Å²) in [5, 5.41) is 11.6. The average Bonchev–Trinajstić information content (AvgIpc) is 3.25. The second-order valence-corrected chi connectivity index (χ2v) is 8.19. The van der Waals surface area contributed by atoms with Gasteiger partial charge in [-0.05, 0) is 49.6 Å². The van der Waals surface area contributed by atoms with Crippen molar-refractivity contribution in [2.24, 2.45) is 0 Å². The summed E-state index contributed by atoms with van der Waals surface area (Å²) in [6.45, 7) is 1.14. The molecule has 3 aromatic rings. The zero-order chi connectivity index (χ0) is 22.9. The molecule has 1 aliphatic carbocycles. The van der Waals surface area contributed by atoms with Crippen molar-refractivity contribution in [2.75, 3.05) is 18.8 Å². The molecular weight excluding hydrogens is 427 g/mol. The Bertz CT molecular complexity index is 1320. The van der Waals surface area contributed by atoms with Gasteiger partial charge in [0.05, 0.1) is 11.4 Å². The van der Waals surface area contributed by atoms with Gasteiger partial charge in [-0.2, -0.15) is 10.2 Å². The fourth-order valence-corrected chi connectivity index (χ4v) is 4.37. The number of halogens is 1. The highest BCUT2D eigenvalue weighted by Crippen LogP contribution is 2.34. The van der Waals surface area contributed by atoms with Crippen molar-refractivity contribution in [3.8, 4) is 17.0 Å². The monoisotopic (exact) mass is 450 g/mol. The van der Waals surface area contributed by atoms with Crippen LogP contribution in [0.15, 0.2) is 52.8 Å². The second-order valence-electron chi connectivity index (χ2n) is 8.19. The number of nitrogen functional groups attached to an aromatic ring is 1. The molecule has 33 heavy (non-hydrogen) atoms. The summed E-state index contributed by atoms with van der Waals surface area (Å²) in [7, 11) is 0. The van der Waals surface area contributed by atoms with Crippen molar-refractivity contribution in [3.63, 3.8) is 0 Å². The highest BCUT2D eigenvalue weighted by atomic mass is 19.1. The van der Waals surface area contributed by atoms with E-state index in [0.29, 0.717) is 53.8 Å². The van der Waals surface area contributed by atoms with Crippen LogP contribution in [0.25, 0.3) is 22.2 Å². The Kier molecular flexibility index (Phi) is 5.41. The molecule has 0 bridgehead atoms. The number of nitrogens with two attached hydrogens (primary N) is 1. The number of allylic oxidation sites excluding steroid dienone is 3. The van der Waals surface area contributed by atoms with Crippen molar-refractivity contribution in [3.05, 3.63) is 58.4 Å². The molecule has 0 spiro atoms. The van der Waals surface area contributed by atoms with Crippen LogP contribution in [0.1, 0.15) is 31.7 Å². The Labute approximate surface area is 188 Å². The molecule has 2 aromatic heterocycles. The summed E-state index contributed by atoms with van der Waals surface area (Å²) in [6, 6.07) is 6.85. The molecule has 10 heteroatoms. The molecule has 1 aliphatic heterocycles. The number of carbonyl (C=O) groups is 1. The van der Waals surface area contributed by atoms with Crippen LogP contribution in [0.4, 0.5) is 10.2 Å². The van der Waals surface area contributed by atoms with E-state index in [0.717, 1.165) is 19.3 Å². The molecule has 9 nitrogen and oxygen atoms in total. The first kappa shape index (κ1) is 20.9. The van der Waals surface area contributed by atoms with Gasteiger partial charge in [0.15, 0.2) is 11.6 Å². The first-order chi connectivity index (χ1) is 16.0. The lowest BCUT2D eigenvalue weighted by Gasteiger charge is -2.30. The van der Waals surface area contributed by atoms with Crippen molar-refractivity contribution >= 4 is 23.1 Å². The van der Waals surface area contributed by atoms with Crippen LogP contribution in [0, 0.1) is 0 Å². The zero-order valence-corrected chi connectivity index (χ0v) is 17.8. The van der Waals surface area contributed by atoms with Gasteiger partial charge in [0.25, 0.3) is 5.56 Å². The molecule has 3 N–H and O–H groups in total. The SMILES string of the molecule is Nc1n[nH]c(=O)c2c1c(-c1ccc(OC3=C(F)CCC=C3)cc1)nn2C1CCCN(C=O)C1. The number of hydrogen-bond acceptors (Lipinski definition) is 6. The first-order valence-corrected chi connectivity index (χ1v) is 10.8. The maximum Gasteiger partial charge on any atom is 0.290 e. The number of amides is 1. The largest absolute Gasteiger partial charge is 0.455 e. The highest BCUT2D eigenvalue weighted by Gasteiger charge is 2.27. The Morgan fingerprint density at radius 3 is 2.85 bits per heavy atom. The fourth-order valence-electron chi connectivity index (χ4n) is 4.37. The smallest absolute Gasteiger partial charge is 0.290 e. The molecule has 3 heterocycles. The number of aromatic amines is 1. The highest BCUT2D eigenvalue weighted by molar-refractivity contribution is 5.99. The normalized spacial score (nSPS) is 18.7. The summed E-state index contributed by atoms with van der Waals surface area (Å²) in [4.78, 5) is 25.7. The number of H-pyrrole nitrogens is 1. The molecule has 1 amide bonds. The average molecular weight is 450 g/mol. The van der Waals surface area contributed by atoms with E-state index >= 15 is 0 Å². The summed E-state index contributed by atoms with van der Waals surface area (Å²) in [5.74, 6) is 0.577. The second kappa shape index (κ2) is 8.53. The standard InChI is InChI=1S/C23H23FN6O3/c24-17-5-1-2-6-18(17)33-16-9-7-14(8-10-16)20-19-21(23(32)27-26-22(19)25)30(28-20)15-4-3-11-29(12-15)13-31/h2,6-10,13,15H,1,3-5,11-12H2,(H2,25,26)(H,27,32). The number of carbonyl (C=O) groups excluding carboxylic acids is 1. The lowest BCUT2D eigenvalue weighted by molar-refractivity contribution is -0.119. The Balaban J connectivity index is 1.54. The molecule has 5 rings (SSSR count). The Hall–Kier alpha value is -3.95. The zero-order valence-electron chi connectivity index (χ0n) is 17.8. The van der Waals surface area contributed by atoms with Gasteiger partial charge >= 0.3 is 0 Å². The van der Waals surface area contributed by atoms with Crippen LogP contribution >= 0.6 is 0 Å². The lowest BCUT2D eigenvalue weighted by Crippen LogP contribution is -2.36. The number of likely N-dealkylation sites (tertiary alicyclic amines) is 1. The maximum atomic E-state index is 14.0. The fraction of sp³-hybridized carbons (Fsp3) is 0.304. The number of hydrogen-bond donors (Lipinski definition) is 2. The number of piperidine rings is 1. The Morgan fingerprint density at radius 2 is 2.09 bits per heavy atom. The molecular formula is C23H23FN6O3. The van der Waals surface area contributed by atoms with Gasteiger partial charge in [0, 0.05) is 25.1 Å². The molecule has 0 radical (unpaired) electrons. The number of nitrogens with zero attached hydrogens (tertiary/aromatic N) is 4. The van der Waals surface area contributed by atoms with E-state index in [1.165, 1.54) is 0 Å². The van der Waals surface area contributed by atoms with Crippen molar-refractivity contribution in [1.29, 1.82) is 0 Å². The molecule has 0 saturated carbocycles. The maximum absolute atomic E-state index is 14.0.